The molecule has 1 saturated heterocycles. The first-order valence-corrected chi connectivity index (χ1v) is 9.72. The zero-order chi connectivity index (χ0) is 18.4. The number of likely N-dealkylation sites (tertiary alicyclic amines) is 1. The summed E-state index contributed by atoms with van der Waals surface area (Å²) in [5, 5.41) is 1.42. The van der Waals surface area contributed by atoms with E-state index in [2.05, 4.69) is 0 Å². The maximum atomic E-state index is 13.1. The molecule has 0 N–H and O–H groups in total. The van der Waals surface area contributed by atoms with Gasteiger partial charge in [0, 0.05) is 12.6 Å². The molecular formula is C21H16N2O3S. The highest BCUT2D eigenvalue weighted by atomic mass is 32.1. The van der Waals surface area contributed by atoms with E-state index in [1.165, 1.54) is 6.07 Å². The van der Waals surface area contributed by atoms with E-state index in [4.69, 9.17) is 9.40 Å². The average Bonchev–Trinajstić information content (AvgIpc) is 3.34. The summed E-state index contributed by atoms with van der Waals surface area (Å²) < 4.78 is 6.87. The predicted octanol–water partition coefficient (Wildman–Crippen LogP) is 4.38. The molecule has 4 aromatic rings. The maximum Gasteiger partial charge on any atom is 0.290 e. The van der Waals surface area contributed by atoms with Crippen molar-refractivity contribution in [1.82, 2.24) is 9.88 Å². The quantitative estimate of drug-likeness (QED) is 0.521. The monoisotopic (exact) mass is 376 g/mol. The van der Waals surface area contributed by atoms with Crippen molar-refractivity contribution in [1.29, 1.82) is 0 Å². The normalized spacial score (nSPS) is 17.0. The van der Waals surface area contributed by atoms with Crippen LogP contribution in [0.15, 0.2) is 63.8 Å². The van der Waals surface area contributed by atoms with Crippen molar-refractivity contribution in [3.8, 4) is 0 Å². The molecule has 3 heterocycles. The minimum Gasteiger partial charge on any atom is -0.451 e. The molecular weight excluding hydrogens is 360 g/mol. The molecule has 0 bridgehead atoms. The van der Waals surface area contributed by atoms with E-state index >= 15 is 0 Å². The van der Waals surface area contributed by atoms with Crippen molar-refractivity contribution < 1.29 is 9.21 Å². The van der Waals surface area contributed by atoms with Crippen LogP contribution in [0.5, 0.6) is 0 Å². The Hall–Kier alpha value is -2.99. The van der Waals surface area contributed by atoms with Crippen molar-refractivity contribution in [3.63, 3.8) is 0 Å². The van der Waals surface area contributed by atoms with Crippen molar-refractivity contribution in [2.75, 3.05) is 6.54 Å². The number of hydrogen-bond acceptors (Lipinski definition) is 5. The van der Waals surface area contributed by atoms with Gasteiger partial charge < -0.3 is 9.32 Å². The molecule has 2 aromatic heterocycles. The molecule has 0 spiro atoms. The van der Waals surface area contributed by atoms with Crippen molar-refractivity contribution >= 4 is 38.4 Å². The summed E-state index contributed by atoms with van der Waals surface area (Å²) >= 11 is 1.62. The molecule has 1 atom stereocenters. The number of rotatable bonds is 2. The van der Waals surface area contributed by atoms with Crippen molar-refractivity contribution in [2.24, 2.45) is 0 Å². The third kappa shape index (κ3) is 2.73. The number of hydrogen-bond donors (Lipinski definition) is 0. The number of amides is 1. The smallest absolute Gasteiger partial charge is 0.290 e. The molecule has 2 aromatic carbocycles. The largest absolute Gasteiger partial charge is 0.451 e. The summed E-state index contributed by atoms with van der Waals surface area (Å²) in [5.41, 5.74) is 1.19. The van der Waals surface area contributed by atoms with Crippen LogP contribution in [0.25, 0.3) is 21.2 Å². The molecule has 5 nitrogen and oxygen atoms in total. The Morgan fingerprint density at radius 3 is 2.85 bits per heavy atom. The minimum atomic E-state index is -0.250. The molecule has 1 amide bonds. The van der Waals surface area contributed by atoms with E-state index in [9.17, 15) is 9.59 Å². The van der Waals surface area contributed by atoms with E-state index in [-0.39, 0.29) is 23.1 Å². The summed E-state index contributed by atoms with van der Waals surface area (Å²) in [6.07, 6.45) is 1.77. The van der Waals surface area contributed by atoms with Crippen LogP contribution in [0, 0.1) is 0 Å². The highest BCUT2D eigenvalue weighted by Gasteiger charge is 2.34. The third-order valence-corrected chi connectivity index (χ3v) is 6.09. The lowest BCUT2D eigenvalue weighted by Gasteiger charge is -2.22. The van der Waals surface area contributed by atoms with E-state index in [0.717, 1.165) is 28.1 Å². The Morgan fingerprint density at radius 2 is 1.96 bits per heavy atom. The zero-order valence-corrected chi connectivity index (χ0v) is 15.2. The van der Waals surface area contributed by atoms with Gasteiger partial charge in [-0.05, 0) is 37.1 Å². The molecule has 1 aliphatic rings. The van der Waals surface area contributed by atoms with Crippen LogP contribution in [0.4, 0.5) is 0 Å². The standard InChI is InChI=1S/C21H16N2O3S/c24-16-12-18(26-17-9-3-1-6-13(16)17)21(25)23-11-5-8-15(23)20-22-14-7-2-4-10-19(14)27-20/h1-4,6-7,9-10,12,15H,5,8,11H2. The fourth-order valence-corrected chi connectivity index (χ4v) is 4.77. The van der Waals surface area contributed by atoms with Crippen LogP contribution >= 0.6 is 11.3 Å². The van der Waals surface area contributed by atoms with Gasteiger partial charge in [-0.2, -0.15) is 0 Å². The molecule has 5 rings (SSSR count). The van der Waals surface area contributed by atoms with Crippen LogP contribution in [-0.2, 0) is 0 Å². The molecule has 0 saturated carbocycles. The lowest BCUT2D eigenvalue weighted by molar-refractivity contribution is 0.0704. The Labute approximate surface area is 158 Å². The summed E-state index contributed by atoms with van der Waals surface area (Å²) in [6, 6.07) is 16.2. The fourth-order valence-electron chi connectivity index (χ4n) is 3.65. The van der Waals surface area contributed by atoms with Gasteiger partial charge in [-0.25, -0.2) is 4.98 Å². The Morgan fingerprint density at radius 1 is 1.15 bits per heavy atom. The molecule has 1 fully saturated rings. The first-order valence-electron chi connectivity index (χ1n) is 8.90. The van der Waals surface area contributed by atoms with Crippen molar-refractivity contribution in [2.45, 2.75) is 18.9 Å². The molecule has 0 aliphatic carbocycles. The summed E-state index contributed by atoms with van der Waals surface area (Å²) in [5.74, 6) is -0.161. The van der Waals surface area contributed by atoms with E-state index in [0.29, 0.717) is 17.5 Å². The SMILES string of the molecule is O=C(c1cc(=O)c2ccccc2o1)N1CCCC1c1nc2ccccc2s1. The van der Waals surface area contributed by atoms with Gasteiger partial charge in [-0.3, -0.25) is 9.59 Å². The second-order valence-corrected chi connectivity index (χ2v) is 7.71. The highest BCUT2D eigenvalue weighted by Crippen LogP contribution is 2.37. The number of carbonyl (C=O) groups excluding carboxylic acids is 1. The van der Waals surface area contributed by atoms with Gasteiger partial charge in [0.05, 0.1) is 21.6 Å². The van der Waals surface area contributed by atoms with E-state index in [1.807, 2.05) is 24.3 Å². The van der Waals surface area contributed by atoms with Gasteiger partial charge in [-0.1, -0.05) is 24.3 Å². The van der Waals surface area contributed by atoms with E-state index in [1.54, 1.807) is 40.5 Å². The van der Waals surface area contributed by atoms with Crippen LogP contribution < -0.4 is 5.43 Å². The molecule has 0 radical (unpaired) electrons. The van der Waals surface area contributed by atoms with Crippen LogP contribution in [-0.4, -0.2) is 22.3 Å². The number of thiazole rings is 1. The fraction of sp³-hybridized carbons (Fsp3) is 0.190. The number of fused-ring (bicyclic) bond motifs is 2. The Kier molecular flexibility index (Phi) is 3.79. The molecule has 27 heavy (non-hydrogen) atoms. The van der Waals surface area contributed by atoms with Crippen molar-refractivity contribution in [3.05, 3.63) is 75.6 Å². The average molecular weight is 376 g/mol. The van der Waals surface area contributed by atoms with Crippen LogP contribution in [0.1, 0.15) is 34.4 Å². The number of aromatic nitrogens is 1. The first kappa shape index (κ1) is 16.2. The molecule has 6 heteroatoms. The van der Waals surface area contributed by atoms with E-state index < -0.39 is 0 Å². The highest BCUT2D eigenvalue weighted by molar-refractivity contribution is 7.18. The third-order valence-electron chi connectivity index (χ3n) is 4.95. The topological polar surface area (TPSA) is 63.4 Å². The Bertz CT molecular complexity index is 1190. The molecule has 1 aliphatic heterocycles. The van der Waals surface area contributed by atoms with Gasteiger partial charge in [0.15, 0.2) is 11.2 Å². The second kappa shape index (κ2) is 6.32. The summed E-state index contributed by atoms with van der Waals surface area (Å²) in [7, 11) is 0. The van der Waals surface area contributed by atoms with Gasteiger partial charge in [0.1, 0.15) is 10.6 Å². The molecule has 1 unspecified atom stereocenters. The summed E-state index contributed by atoms with van der Waals surface area (Å²) in [6.45, 7) is 0.635. The van der Waals surface area contributed by atoms with Gasteiger partial charge in [0.2, 0.25) is 0 Å². The van der Waals surface area contributed by atoms with Gasteiger partial charge in [0.25, 0.3) is 5.91 Å². The predicted molar refractivity (Wildman–Crippen MR) is 105 cm³/mol. The number of nitrogens with zero attached hydrogens (tertiary/aromatic N) is 2. The number of carbonyl (C=O) groups is 1. The second-order valence-electron chi connectivity index (χ2n) is 6.65. The van der Waals surface area contributed by atoms with Gasteiger partial charge >= 0.3 is 0 Å². The Balaban J connectivity index is 1.53. The maximum absolute atomic E-state index is 13.1. The molecule has 134 valence electrons. The summed E-state index contributed by atoms with van der Waals surface area (Å²) in [4.78, 5) is 32.0. The number of para-hydroxylation sites is 2. The van der Waals surface area contributed by atoms with Gasteiger partial charge in [-0.15, -0.1) is 11.3 Å². The lowest BCUT2D eigenvalue weighted by atomic mass is 10.2. The zero-order valence-electron chi connectivity index (χ0n) is 14.4. The first-order chi connectivity index (χ1) is 13.2. The number of benzene rings is 2. The lowest BCUT2D eigenvalue weighted by Crippen LogP contribution is -2.31. The minimum absolute atomic E-state index is 0.0772. The van der Waals surface area contributed by atoms with Crippen LogP contribution in [0.3, 0.4) is 0 Å². The van der Waals surface area contributed by atoms with Crippen LogP contribution in [0.2, 0.25) is 0 Å².